The molecule has 2 heteroatoms. The van der Waals surface area contributed by atoms with Crippen molar-refractivity contribution in [3.05, 3.63) is 65.0 Å². The predicted octanol–water partition coefficient (Wildman–Crippen LogP) is 7.31. The second kappa shape index (κ2) is 14.3. The summed E-state index contributed by atoms with van der Waals surface area (Å²) in [7, 11) is 0. The van der Waals surface area contributed by atoms with Crippen LogP contribution in [-0.4, -0.2) is 6.61 Å². The van der Waals surface area contributed by atoms with Crippen LogP contribution in [0.3, 0.4) is 0 Å². The second-order valence-electron chi connectivity index (χ2n) is 7.56. The van der Waals surface area contributed by atoms with Crippen molar-refractivity contribution in [2.45, 2.75) is 71.6 Å². The molecule has 0 bridgehead atoms. The van der Waals surface area contributed by atoms with Gasteiger partial charge in [0.15, 0.2) is 11.6 Å². The minimum Gasteiger partial charge on any atom is -0.491 e. The Labute approximate surface area is 182 Å². The summed E-state index contributed by atoms with van der Waals surface area (Å²) in [4.78, 5) is 0. The third kappa shape index (κ3) is 9.19. The highest BCUT2D eigenvalue weighted by atomic mass is 19.1. The van der Waals surface area contributed by atoms with E-state index in [1.54, 1.807) is 12.1 Å². The zero-order valence-corrected chi connectivity index (χ0v) is 18.4. The molecule has 0 fully saturated rings. The normalized spacial score (nSPS) is 9.97. The highest BCUT2D eigenvalue weighted by molar-refractivity contribution is 5.46. The van der Waals surface area contributed by atoms with Crippen LogP contribution in [0.2, 0.25) is 0 Å². The maximum absolute atomic E-state index is 14.2. The second-order valence-corrected chi connectivity index (χ2v) is 7.56. The van der Waals surface area contributed by atoms with Crippen molar-refractivity contribution in [3.63, 3.8) is 0 Å². The van der Waals surface area contributed by atoms with E-state index in [0.717, 1.165) is 24.8 Å². The molecule has 0 heterocycles. The van der Waals surface area contributed by atoms with Gasteiger partial charge in [0.2, 0.25) is 0 Å². The number of hydrogen-bond acceptors (Lipinski definition) is 1. The number of hydrogen-bond donors (Lipinski definition) is 0. The van der Waals surface area contributed by atoms with Crippen LogP contribution in [-0.2, 0) is 6.42 Å². The predicted molar refractivity (Wildman–Crippen MR) is 124 cm³/mol. The topological polar surface area (TPSA) is 9.23 Å². The lowest BCUT2D eigenvalue weighted by molar-refractivity contribution is 0.290. The van der Waals surface area contributed by atoms with E-state index in [1.165, 1.54) is 50.2 Å². The first kappa shape index (κ1) is 23.6. The van der Waals surface area contributed by atoms with Crippen molar-refractivity contribution in [2.75, 3.05) is 6.61 Å². The fraction of sp³-hybridized carbons (Fsp3) is 0.429. The van der Waals surface area contributed by atoms with E-state index in [2.05, 4.69) is 49.7 Å². The summed E-state index contributed by atoms with van der Waals surface area (Å²) in [5, 5.41) is 0. The molecule has 0 amide bonds. The van der Waals surface area contributed by atoms with Crippen molar-refractivity contribution >= 4 is 0 Å². The molecule has 0 atom stereocenters. The summed E-state index contributed by atoms with van der Waals surface area (Å²) < 4.78 is 19.7. The molecule has 0 aliphatic rings. The SMILES string of the molecule is CCCCCCCOc1ccc(C#CC#Cc2ccc(CCCCC)cc2)cc1F. The first-order chi connectivity index (χ1) is 14.7. The number of ether oxygens (including phenoxy) is 1. The van der Waals surface area contributed by atoms with Gasteiger partial charge in [-0.2, -0.15) is 0 Å². The molecular weight excluding hydrogens is 371 g/mol. The van der Waals surface area contributed by atoms with Gasteiger partial charge in [-0.05, 0) is 67.0 Å². The summed E-state index contributed by atoms with van der Waals surface area (Å²) in [6, 6.07) is 13.2. The number of rotatable bonds is 11. The number of unbranched alkanes of at least 4 members (excludes halogenated alkanes) is 6. The van der Waals surface area contributed by atoms with Crippen LogP contribution < -0.4 is 4.74 Å². The van der Waals surface area contributed by atoms with E-state index in [0.29, 0.717) is 17.9 Å². The molecule has 0 aromatic heterocycles. The summed E-state index contributed by atoms with van der Waals surface area (Å²) in [6.45, 7) is 4.95. The lowest BCUT2D eigenvalue weighted by Gasteiger charge is -2.07. The van der Waals surface area contributed by atoms with Crippen LogP contribution in [0.25, 0.3) is 0 Å². The third-order valence-electron chi connectivity index (χ3n) is 4.94. The number of halogens is 1. The molecule has 0 saturated heterocycles. The molecule has 2 aromatic carbocycles. The van der Waals surface area contributed by atoms with Crippen molar-refractivity contribution < 1.29 is 9.13 Å². The highest BCUT2D eigenvalue weighted by Gasteiger charge is 2.03. The Balaban J connectivity index is 1.83. The zero-order chi connectivity index (χ0) is 21.4. The van der Waals surface area contributed by atoms with Gasteiger partial charge in [-0.3, -0.25) is 0 Å². The fourth-order valence-corrected chi connectivity index (χ4v) is 3.12. The maximum atomic E-state index is 14.2. The summed E-state index contributed by atoms with van der Waals surface area (Å²) in [5.74, 6) is 11.5. The smallest absolute Gasteiger partial charge is 0.166 e. The van der Waals surface area contributed by atoms with E-state index in [-0.39, 0.29) is 5.82 Å². The molecule has 2 rings (SSSR count). The average molecular weight is 405 g/mol. The molecule has 30 heavy (non-hydrogen) atoms. The Bertz CT molecular complexity index is 875. The molecule has 158 valence electrons. The Kier molecular flexibility index (Phi) is 11.2. The standard InChI is InChI=1S/C28H33FO/c1-3-5-7-8-12-22-30-28-21-20-26(23-27(28)29)15-11-10-14-25-18-16-24(17-19-25)13-9-6-4-2/h16-21,23H,3-9,12-13,22H2,1-2H3. The molecule has 0 saturated carbocycles. The Morgan fingerprint density at radius 1 is 0.733 bits per heavy atom. The average Bonchev–Trinajstić information content (AvgIpc) is 2.76. The first-order valence-corrected chi connectivity index (χ1v) is 11.3. The van der Waals surface area contributed by atoms with Gasteiger partial charge < -0.3 is 4.74 Å². The van der Waals surface area contributed by atoms with Crippen LogP contribution in [0.15, 0.2) is 42.5 Å². The fourth-order valence-electron chi connectivity index (χ4n) is 3.12. The quantitative estimate of drug-likeness (QED) is 0.282. The van der Waals surface area contributed by atoms with Gasteiger partial charge in [0.25, 0.3) is 0 Å². The molecule has 0 N–H and O–H groups in total. The van der Waals surface area contributed by atoms with E-state index in [4.69, 9.17) is 4.74 Å². The molecule has 1 nitrogen and oxygen atoms in total. The van der Waals surface area contributed by atoms with Gasteiger partial charge >= 0.3 is 0 Å². The van der Waals surface area contributed by atoms with Crippen LogP contribution >= 0.6 is 0 Å². The molecular formula is C28H33FO. The van der Waals surface area contributed by atoms with E-state index >= 15 is 0 Å². The van der Waals surface area contributed by atoms with Crippen molar-refractivity contribution in [2.24, 2.45) is 0 Å². The summed E-state index contributed by atoms with van der Waals surface area (Å²) >= 11 is 0. The van der Waals surface area contributed by atoms with Crippen LogP contribution in [0, 0.1) is 29.5 Å². The molecule has 0 unspecified atom stereocenters. The summed E-state index contributed by atoms with van der Waals surface area (Å²) in [6.07, 6.45) is 10.6. The van der Waals surface area contributed by atoms with E-state index in [9.17, 15) is 4.39 Å². The van der Waals surface area contributed by atoms with Gasteiger partial charge in [-0.15, -0.1) is 0 Å². The van der Waals surface area contributed by atoms with Gasteiger partial charge in [0, 0.05) is 11.1 Å². The van der Waals surface area contributed by atoms with Crippen LogP contribution in [0.1, 0.15) is 81.9 Å². The molecule has 0 radical (unpaired) electrons. The van der Waals surface area contributed by atoms with Gasteiger partial charge in [-0.1, -0.05) is 76.3 Å². The molecule has 0 spiro atoms. The monoisotopic (exact) mass is 404 g/mol. The van der Waals surface area contributed by atoms with Crippen LogP contribution in [0.5, 0.6) is 5.75 Å². The van der Waals surface area contributed by atoms with Crippen molar-refractivity contribution in [3.8, 4) is 29.4 Å². The van der Waals surface area contributed by atoms with Gasteiger partial charge in [-0.25, -0.2) is 4.39 Å². The van der Waals surface area contributed by atoms with Crippen molar-refractivity contribution in [1.29, 1.82) is 0 Å². The molecule has 0 aliphatic carbocycles. The Morgan fingerprint density at radius 2 is 1.37 bits per heavy atom. The maximum Gasteiger partial charge on any atom is 0.166 e. The van der Waals surface area contributed by atoms with E-state index in [1.807, 2.05) is 12.1 Å². The van der Waals surface area contributed by atoms with Crippen molar-refractivity contribution in [1.82, 2.24) is 0 Å². The Hall–Kier alpha value is -2.71. The zero-order valence-electron chi connectivity index (χ0n) is 18.4. The van der Waals surface area contributed by atoms with Gasteiger partial charge in [0.05, 0.1) is 6.61 Å². The minimum absolute atomic E-state index is 0.293. The highest BCUT2D eigenvalue weighted by Crippen LogP contribution is 2.18. The number of aryl methyl sites for hydroxylation is 1. The Morgan fingerprint density at radius 3 is 2.07 bits per heavy atom. The molecule has 2 aromatic rings. The van der Waals surface area contributed by atoms with Gasteiger partial charge in [0.1, 0.15) is 0 Å². The number of benzene rings is 2. The minimum atomic E-state index is -0.373. The summed E-state index contributed by atoms with van der Waals surface area (Å²) in [5.41, 5.74) is 2.89. The third-order valence-corrected chi connectivity index (χ3v) is 4.94. The first-order valence-electron chi connectivity index (χ1n) is 11.3. The lowest BCUT2D eigenvalue weighted by Crippen LogP contribution is -1.99. The molecule has 0 aliphatic heterocycles. The van der Waals surface area contributed by atoms with E-state index < -0.39 is 0 Å². The largest absolute Gasteiger partial charge is 0.491 e. The lowest BCUT2D eigenvalue weighted by atomic mass is 10.1. The van der Waals surface area contributed by atoms with Crippen LogP contribution in [0.4, 0.5) is 4.39 Å².